The minimum absolute atomic E-state index is 0. The van der Waals surface area contributed by atoms with E-state index >= 15 is 0 Å². The standard InChI is InChI=1S/C7H7O2.C5H10.3CO.W/c8-7-1-5-3-9-4-6(5)2-7;1-2-4-5-3-1;3*1-2;/h5H,1,3-4H2;1-5H2;;;;/q-1;;;;;+2. The van der Waals surface area contributed by atoms with Gasteiger partial charge < -0.3 is 15.6 Å². The maximum absolute atomic E-state index is 10.7. The Hall–Kier alpha value is -0.722. The topological polar surface area (TPSA) is 86.0 Å². The molecule has 3 aliphatic rings. The van der Waals surface area contributed by atoms with Gasteiger partial charge in [0.25, 0.3) is 0 Å². The smallest absolute Gasteiger partial charge is 2.00 e. The number of carbonyl (C=O) groups is 1. The van der Waals surface area contributed by atoms with Gasteiger partial charge in [0, 0.05) is 6.61 Å². The van der Waals surface area contributed by atoms with E-state index in [9.17, 15) is 4.79 Å². The van der Waals surface area contributed by atoms with Crippen molar-refractivity contribution in [2.24, 2.45) is 5.92 Å². The summed E-state index contributed by atoms with van der Waals surface area (Å²) in [4.78, 5) is 10.7. The van der Waals surface area contributed by atoms with Crippen LogP contribution in [0.4, 0.5) is 0 Å². The van der Waals surface area contributed by atoms with Crippen LogP contribution in [0.3, 0.4) is 0 Å². The van der Waals surface area contributed by atoms with Gasteiger partial charge in [-0.05, 0) is 18.1 Å². The van der Waals surface area contributed by atoms with Crippen molar-refractivity contribution in [1.29, 1.82) is 0 Å². The monoisotopic (exact) mass is 461 g/mol. The number of fused-ring (bicyclic) bond motifs is 1. The molecule has 1 saturated heterocycles. The van der Waals surface area contributed by atoms with Gasteiger partial charge in [-0.15, -0.1) is 0 Å². The van der Waals surface area contributed by atoms with Crippen LogP contribution < -0.4 is 0 Å². The first-order valence-corrected chi connectivity index (χ1v) is 6.21. The SMILES string of the molecule is C1CCCC1.O=C1[C-]=C2COCC2C1.[C-]#[O+].[C-]#[O+].[C-]#[O+].[W+2]. The fourth-order valence-corrected chi connectivity index (χ4v) is 2.19. The Morgan fingerprint density at radius 2 is 1.38 bits per heavy atom. The van der Waals surface area contributed by atoms with Crippen LogP contribution in [0.1, 0.15) is 38.5 Å². The zero-order chi connectivity index (χ0) is 15.8. The largest absolute Gasteiger partial charge is 2.00 e. The summed E-state index contributed by atoms with van der Waals surface area (Å²) in [6.45, 7) is 14.9. The molecule has 0 aromatic carbocycles. The quantitative estimate of drug-likeness (QED) is 0.409. The van der Waals surface area contributed by atoms with Crippen molar-refractivity contribution in [3.05, 3.63) is 31.6 Å². The fourth-order valence-electron chi connectivity index (χ4n) is 2.19. The summed E-state index contributed by atoms with van der Waals surface area (Å²) in [5.74, 6) is 0.538. The molecule has 1 unspecified atom stereocenters. The predicted octanol–water partition coefficient (Wildman–Crippen LogP) is 2.17. The number of carbonyl (C=O) groups excluding carboxylic acids is 1. The molecule has 0 N–H and O–H groups in total. The Morgan fingerprint density at radius 3 is 1.76 bits per heavy atom. The van der Waals surface area contributed by atoms with Gasteiger partial charge in [0.05, 0.1) is 6.61 Å². The first-order chi connectivity index (χ1) is 9.86. The van der Waals surface area contributed by atoms with Crippen LogP contribution in [0.5, 0.6) is 0 Å². The molecule has 5 nitrogen and oxygen atoms in total. The number of allylic oxidation sites excluding steroid dienone is 1. The molecule has 1 atom stereocenters. The van der Waals surface area contributed by atoms with Crippen LogP contribution in [-0.2, 0) is 44.6 Å². The molecule has 0 aromatic heterocycles. The number of ketones is 1. The third-order valence-corrected chi connectivity index (χ3v) is 3.05. The first-order valence-electron chi connectivity index (χ1n) is 6.21. The van der Waals surface area contributed by atoms with Gasteiger partial charge in [0.1, 0.15) is 0 Å². The molecule has 0 spiro atoms. The Kier molecular flexibility index (Phi) is 23.2. The molecule has 0 aromatic rings. The van der Waals surface area contributed by atoms with Crippen LogP contribution >= 0.6 is 0 Å². The number of hydrogen-bond acceptors (Lipinski definition) is 2. The van der Waals surface area contributed by atoms with E-state index in [0.717, 1.165) is 12.2 Å². The summed E-state index contributed by atoms with van der Waals surface area (Å²) < 4.78 is 27.6. The first kappa shape index (κ1) is 25.2. The van der Waals surface area contributed by atoms with Crippen molar-refractivity contribution >= 4 is 5.78 Å². The Morgan fingerprint density at radius 1 is 0.952 bits per heavy atom. The maximum Gasteiger partial charge on any atom is 2.00 e. The molecule has 0 amide bonds. The molecule has 21 heavy (non-hydrogen) atoms. The third kappa shape index (κ3) is 11.6. The molecule has 1 saturated carbocycles. The average Bonchev–Trinajstić information content (AvgIpc) is 3.24. The second-order valence-corrected chi connectivity index (χ2v) is 4.26. The Bertz CT molecular complexity index is 331. The molecule has 0 radical (unpaired) electrons. The number of ether oxygens (including phenoxy) is 1. The zero-order valence-electron chi connectivity index (χ0n) is 11.7. The fraction of sp³-hybridized carbons (Fsp3) is 0.600. The van der Waals surface area contributed by atoms with Crippen LogP contribution in [-0.4, -0.2) is 19.0 Å². The van der Waals surface area contributed by atoms with E-state index in [1.807, 2.05) is 0 Å². The molecule has 112 valence electrons. The number of Topliss-reactive ketones (excluding diaryl/α,β-unsaturated/α-hetero) is 1. The van der Waals surface area contributed by atoms with Crippen LogP contribution in [0.25, 0.3) is 0 Å². The maximum atomic E-state index is 10.7. The van der Waals surface area contributed by atoms with E-state index in [0.29, 0.717) is 18.9 Å². The van der Waals surface area contributed by atoms with Gasteiger partial charge in [-0.1, -0.05) is 32.1 Å². The molecule has 2 aliphatic carbocycles. The summed E-state index contributed by atoms with van der Waals surface area (Å²) in [7, 11) is 0. The van der Waals surface area contributed by atoms with Crippen molar-refractivity contribution in [1.82, 2.24) is 0 Å². The van der Waals surface area contributed by atoms with Crippen molar-refractivity contribution in [2.75, 3.05) is 13.2 Å². The average molecular weight is 461 g/mol. The summed E-state index contributed by atoms with van der Waals surface area (Å²) in [5.41, 5.74) is 1.08. The molecule has 3 rings (SSSR count). The normalized spacial score (nSPS) is 20.0. The molecular weight excluding hydrogens is 444 g/mol. The van der Waals surface area contributed by atoms with Gasteiger partial charge in [-0.3, -0.25) is 0 Å². The van der Waals surface area contributed by atoms with Crippen molar-refractivity contribution < 1.29 is 44.6 Å². The summed E-state index contributed by atoms with van der Waals surface area (Å²) >= 11 is 0. The molecule has 0 bridgehead atoms. The minimum Gasteiger partial charge on any atom is 2.00 e. The van der Waals surface area contributed by atoms with Gasteiger partial charge in [0.2, 0.25) is 0 Å². The van der Waals surface area contributed by atoms with E-state index in [2.05, 4.69) is 26.0 Å². The van der Waals surface area contributed by atoms with Gasteiger partial charge in [0.15, 0.2) is 0 Å². The van der Waals surface area contributed by atoms with E-state index < -0.39 is 0 Å². The summed E-state index contributed by atoms with van der Waals surface area (Å²) in [6.07, 6.45) is 10.9. The molecule has 2 fully saturated rings. The van der Waals surface area contributed by atoms with Crippen molar-refractivity contribution in [3.63, 3.8) is 0 Å². The van der Waals surface area contributed by atoms with Crippen molar-refractivity contribution in [2.45, 2.75) is 38.5 Å². The van der Waals surface area contributed by atoms with Gasteiger partial charge in [-0.2, -0.15) is 0 Å². The molecule has 1 aliphatic heterocycles. The zero-order valence-corrected chi connectivity index (χ0v) is 14.6. The van der Waals surface area contributed by atoms with E-state index in [4.69, 9.17) is 18.7 Å². The number of hydrogen-bond donors (Lipinski definition) is 0. The second-order valence-electron chi connectivity index (χ2n) is 4.26. The Labute approximate surface area is 139 Å². The molecule has 1 heterocycles. The number of rotatable bonds is 0. The van der Waals surface area contributed by atoms with E-state index in [1.54, 1.807) is 0 Å². The minimum atomic E-state index is 0. The van der Waals surface area contributed by atoms with Crippen LogP contribution in [0.15, 0.2) is 5.57 Å². The van der Waals surface area contributed by atoms with Gasteiger partial charge >= 0.3 is 55.0 Å². The second kappa shape index (κ2) is 19.3. The van der Waals surface area contributed by atoms with E-state index in [1.165, 1.54) is 32.1 Å². The van der Waals surface area contributed by atoms with Gasteiger partial charge in [-0.25, -0.2) is 5.57 Å². The molecular formula is C15H17O5W+. The van der Waals surface area contributed by atoms with Crippen LogP contribution in [0, 0.1) is 31.9 Å². The third-order valence-electron chi connectivity index (χ3n) is 3.05. The molecule has 6 heteroatoms. The Balaban J connectivity index is -0.000000235. The summed E-state index contributed by atoms with van der Waals surface area (Å²) in [6, 6.07) is 0. The predicted molar refractivity (Wildman–Crippen MR) is 65.6 cm³/mol. The van der Waals surface area contributed by atoms with Crippen LogP contribution in [0.2, 0.25) is 0 Å². The summed E-state index contributed by atoms with van der Waals surface area (Å²) in [5, 5.41) is 0. The van der Waals surface area contributed by atoms with Crippen molar-refractivity contribution in [3.8, 4) is 0 Å². The van der Waals surface area contributed by atoms with E-state index in [-0.39, 0.29) is 26.8 Å².